The minimum absolute atomic E-state index is 0.569. The van der Waals surface area contributed by atoms with Gasteiger partial charge in [0, 0.05) is 5.02 Å². The summed E-state index contributed by atoms with van der Waals surface area (Å²) in [4.78, 5) is 0. The third-order valence-electron chi connectivity index (χ3n) is 1.81. The fourth-order valence-electron chi connectivity index (χ4n) is 1.08. The average Bonchev–Trinajstić information content (AvgIpc) is 2.17. The third-order valence-corrected chi connectivity index (χ3v) is 2.03. The van der Waals surface area contributed by atoms with Gasteiger partial charge in [-0.15, -0.1) is 0 Å². The maximum absolute atomic E-state index is 8.82. The van der Waals surface area contributed by atoms with Crippen molar-refractivity contribution >= 4 is 11.6 Å². The lowest BCUT2D eigenvalue weighted by Gasteiger charge is -2.07. The SMILES string of the molecule is CCCCOc1cc(Cl)cc([CH]O)c1. The van der Waals surface area contributed by atoms with E-state index in [1.807, 2.05) is 0 Å². The summed E-state index contributed by atoms with van der Waals surface area (Å²) in [5.41, 5.74) is 0.656. The highest BCUT2D eigenvalue weighted by atomic mass is 35.5. The second-order valence-corrected chi connectivity index (χ2v) is 3.49. The largest absolute Gasteiger partial charge is 0.494 e. The van der Waals surface area contributed by atoms with Gasteiger partial charge in [0.05, 0.1) is 6.61 Å². The molecule has 1 rings (SSSR count). The van der Waals surface area contributed by atoms with Crippen LogP contribution in [0.25, 0.3) is 0 Å². The molecule has 2 nitrogen and oxygen atoms in total. The summed E-state index contributed by atoms with van der Waals surface area (Å²) in [7, 11) is 0. The molecule has 0 aromatic heterocycles. The van der Waals surface area contributed by atoms with E-state index in [2.05, 4.69) is 6.92 Å². The number of aliphatic hydroxyl groups is 1. The van der Waals surface area contributed by atoms with Gasteiger partial charge in [0.25, 0.3) is 0 Å². The van der Waals surface area contributed by atoms with Gasteiger partial charge < -0.3 is 9.84 Å². The lowest BCUT2D eigenvalue weighted by atomic mass is 10.2. The molecule has 0 bridgehead atoms. The molecule has 0 aliphatic heterocycles. The Kier molecular flexibility index (Phi) is 4.77. The van der Waals surface area contributed by atoms with Crippen molar-refractivity contribution < 1.29 is 9.84 Å². The van der Waals surface area contributed by atoms with E-state index in [-0.39, 0.29) is 0 Å². The quantitative estimate of drug-likeness (QED) is 0.760. The molecule has 0 fully saturated rings. The van der Waals surface area contributed by atoms with E-state index in [0.29, 0.717) is 22.9 Å². The lowest BCUT2D eigenvalue weighted by Crippen LogP contribution is -1.97. The first kappa shape index (κ1) is 11.3. The van der Waals surface area contributed by atoms with Crippen molar-refractivity contribution in [1.82, 2.24) is 0 Å². The Hall–Kier alpha value is -0.730. The summed E-state index contributed by atoms with van der Waals surface area (Å²) in [5, 5.41) is 9.39. The fraction of sp³-hybridized carbons (Fsp3) is 0.364. The number of hydrogen-bond donors (Lipinski definition) is 1. The minimum atomic E-state index is 0.569. The van der Waals surface area contributed by atoms with Crippen LogP contribution in [0.3, 0.4) is 0 Å². The van der Waals surface area contributed by atoms with Gasteiger partial charge in [0.2, 0.25) is 0 Å². The summed E-state index contributed by atoms with van der Waals surface area (Å²) in [6.45, 7) is 3.80. The Labute approximate surface area is 89.5 Å². The summed E-state index contributed by atoms with van der Waals surface area (Å²) in [6.07, 6.45) is 2.12. The van der Waals surface area contributed by atoms with Crippen LogP contribution in [0.1, 0.15) is 25.3 Å². The van der Waals surface area contributed by atoms with Gasteiger partial charge in [-0.25, -0.2) is 0 Å². The molecular formula is C11H14ClO2. The highest BCUT2D eigenvalue weighted by Gasteiger charge is 1.99. The van der Waals surface area contributed by atoms with Crippen molar-refractivity contribution in [3.8, 4) is 5.75 Å². The molecule has 77 valence electrons. The monoisotopic (exact) mass is 213 g/mol. The van der Waals surface area contributed by atoms with Crippen LogP contribution < -0.4 is 4.74 Å². The number of rotatable bonds is 5. The topological polar surface area (TPSA) is 29.5 Å². The van der Waals surface area contributed by atoms with E-state index in [1.165, 1.54) is 0 Å². The Morgan fingerprint density at radius 2 is 2.21 bits per heavy atom. The van der Waals surface area contributed by atoms with Gasteiger partial charge in [0.1, 0.15) is 12.4 Å². The van der Waals surface area contributed by atoms with Gasteiger partial charge >= 0.3 is 0 Å². The van der Waals surface area contributed by atoms with Crippen molar-refractivity contribution in [2.45, 2.75) is 19.8 Å². The van der Waals surface area contributed by atoms with Gasteiger partial charge in [-0.1, -0.05) is 24.9 Å². The van der Waals surface area contributed by atoms with Crippen molar-refractivity contribution in [1.29, 1.82) is 0 Å². The molecule has 1 N–H and O–H groups in total. The summed E-state index contributed by atoms with van der Waals surface area (Å²) in [6, 6.07) is 5.17. The van der Waals surface area contributed by atoms with E-state index in [4.69, 9.17) is 21.4 Å². The Morgan fingerprint density at radius 3 is 2.86 bits per heavy atom. The van der Waals surface area contributed by atoms with Crippen molar-refractivity contribution in [3.05, 3.63) is 35.4 Å². The van der Waals surface area contributed by atoms with Crippen molar-refractivity contribution in [2.24, 2.45) is 0 Å². The molecular weight excluding hydrogens is 200 g/mol. The first-order chi connectivity index (χ1) is 6.76. The number of aliphatic hydroxyl groups excluding tert-OH is 1. The maximum atomic E-state index is 8.82. The van der Waals surface area contributed by atoms with Gasteiger partial charge in [-0.2, -0.15) is 0 Å². The molecule has 1 aromatic rings. The molecule has 0 aliphatic carbocycles. The van der Waals surface area contributed by atoms with Crippen molar-refractivity contribution in [2.75, 3.05) is 6.61 Å². The Bertz CT molecular complexity index is 287. The van der Waals surface area contributed by atoms with Crippen LogP contribution >= 0.6 is 11.6 Å². The number of hydrogen-bond acceptors (Lipinski definition) is 2. The molecule has 14 heavy (non-hydrogen) atoms. The van der Waals surface area contributed by atoms with Crippen molar-refractivity contribution in [3.63, 3.8) is 0 Å². The molecule has 0 spiro atoms. The summed E-state index contributed by atoms with van der Waals surface area (Å²) < 4.78 is 5.45. The number of unbranched alkanes of at least 4 members (excludes halogenated alkanes) is 1. The third kappa shape index (κ3) is 3.56. The molecule has 0 heterocycles. The van der Waals surface area contributed by atoms with Crippen LogP contribution in [0.15, 0.2) is 18.2 Å². The molecule has 0 amide bonds. The van der Waals surface area contributed by atoms with Gasteiger partial charge in [0.15, 0.2) is 0 Å². The summed E-state index contributed by atoms with van der Waals surface area (Å²) >= 11 is 5.83. The Morgan fingerprint density at radius 1 is 1.43 bits per heavy atom. The fourth-order valence-corrected chi connectivity index (χ4v) is 1.31. The smallest absolute Gasteiger partial charge is 0.121 e. The first-order valence-electron chi connectivity index (χ1n) is 4.67. The zero-order chi connectivity index (χ0) is 10.4. The molecule has 0 unspecified atom stereocenters. The highest BCUT2D eigenvalue weighted by Crippen LogP contribution is 2.21. The molecule has 0 atom stereocenters. The van der Waals surface area contributed by atoms with Gasteiger partial charge in [-0.05, 0) is 30.2 Å². The van der Waals surface area contributed by atoms with Gasteiger partial charge in [-0.3, -0.25) is 0 Å². The van der Waals surface area contributed by atoms with E-state index >= 15 is 0 Å². The number of ether oxygens (including phenoxy) is 1. The standard InChI is InChI=1S/C11H14ClO2/c1-2-3-4-14-11-6-9(8-13)5-10(12)7-11/h5-8,13H,2-4H2,1H3. The summed E-state index contributed by atoms with van der Waals surface area (Å²) in [5.74, 6) is 0.700. The van der Waals surface area contributed by atoms with Crippen LogP contribution in [0, 0.1) is 6.61 Å². The molecule has 0 aliphatic rings. The van der Waals surface area contributed by atoms with E-state index in [9.17, 15) is 0 Å². The molecule has 0 saturated heterocycles. The van der Waals surface area contributed by atoms with Crippen LogP contribution in [0.2, 0.25) is 5.02 Å². The van der Waals surface area contributed by atoms with Crippen LogP contribution in [-0.2, 0) is 0 Å². The lowest BCUT2D eigenvalue weighted by molar-refractivity contribution is 0.308. The Balaban J connectivity index is 2.62. The average molecular weight is 214 g/mol. The number of halogens is 1. The van der Waals surface area contributed by atoms with E-state index in [0.717, 1.165) is 19.4 Å². The first-order valence-corrected chi connectivity index (χ1v) is 5.05. The van der Waals surface area contributed by atoms with Crippen LogP contribution in [0.4, 0.5) is 0 Å². The normalized spacial score (nSPS) is 10.2. The highest BCUT2D eigenvalue weighted by molar-refractivity contribution is 6.30. The molecule has 3 heteroatoms. The second kappa shape index (κ2) is 5.89. The number of benzene rings is 1. The molecule has 1 radical (unpaired) electrons. The molecule has 1 aromatic carbocycles. The predicted octanol–water partition coefficient (Wildman–Crippen LogP) is 3.40. The maximum Gasteiger partial charge on any atom is 0.121 e. The zero-order valence-corrected chi connectivity index (χ0v) is 8.92. The predicted molar refractivity (Wildman–Crippen MR) is 57.2 cm³/mol. The van der Waals surface area contributed by atoms with Crippen LogP contribution in [0.5, 0.6) is 5.75 Å². The van der Waals surface area contributed by atoms with Crippen LogP contribution in [-0.4, -0.2) is 11.7 Å². The van der Waals surface area contributed by atoms with E-state index in [1.54, 1.807) is 18.2 Å². The second-order valence-electron chi connectivity index (χ2n) is 3.05. The van der Waals surface area contributed by atoms with E-state index < -0.39 is 0 Å². The minimum Gasteiger partial charge on any atom is -0.494 e. The molecule has 0 saturated carbocycles. The zero-order valence-electron chi connectivity index (χ0n) is 8.16.